The molecule has 0 N–H and O–H groups in total. The third kappa shape index (κ3) is 3.24. The summed E-state index contributed by atoms with van der Waals surface area (Å²) in [6.45, 7) is 1.54. The Bertz CT molecular complexity index is 1030. The van der Waals surface area contributed by atoms with Crippen LogP contribution in [0.2, 0.25) is 5.02 Å². The quantitative estimate of drug-likeness (QED) is 0.482. The van der Waals surface area contributed by atoms with Crippen molar-refractivity contribution in [3.05, 3.63) is 75.8 Å². The molecule has 4 rings (SSSR count). The van der Waals surface area contributed by atoms with Gasteiger partial charge in [-0.25, -0.2) is 9.18 Å². The smallest absolute Gasteiger partial charge is 0.360 e. The molecule has 0 radical (unpaired) electrons. The van der Waals surface area contributed by atoms with Gasteiger partial charge >= 0.3 is 5.97 Å². The number of hydrogen-bond acceptors (Lipinski definition) is 5. The maximum Gasteiger partial charge on any atom is 0.371 e. The van der Waals surface area contributed by atoms with E-state index in [2.05, 4.69) is 10.3 Å². The molecule has 2 aromatic carbocycles. The van der Waals surface area contributed by atoms with E-state index in [1.807, 2.05) is 24.3 Å². The molecule has 7 heteroatoms. The molecule has 3 aromatic rings. The van der Waals surface area contributed by atoms with Crippen molar-refractivity contribution in [2.45, 2.75) is 19.8 Å². The standard InChI is InChI=1S/C20H14ClFN2O3/c1-11-17(19(24-26-11)18-15(21)7-4-8-16(18)22)20(25)27-23-14-9-12-5-2-3-6-13(12)10-14/h2-8H,9-10H2,1H3. The molecule has 136 valence electrons. The summed E-state index contributed by atoms with van der Waals surface area (Å²) in [5.41, 5.74) is 3.05. The number of aromatic nitrogens is 1. The van der Waals surface area contributed by atoms with Gasteiger partial charge in [-0.1, -0.05) is 52.2 Å². The second kappa shape index (κ2) is 6.96. The minimum Gasteiger partial charge on any atom is -0.360 e. The third-order valence-electron chi connectivity index (χ3n) is 4.43. The predicted octanol–water partition coefficient (Wildman–Crippen LogP) is 4.75. The first-order chi connectivity index (χ1) is 13.0. The van der Waals surface area contributed by atoms with Crippen LogP contribution in [0.4, 0.5) is 4.39 Å². The second-order valence-electron chi connectivity index (χ2n) is 6.22. The molecule has 0 spiro atoms. The van der Waals surface area contributed by atoms with E-state index in [0.29, 0.717) is 12.8 Å². The lowest BCUT2D eigenvalue weighted by Crippen LogP contribution is -2.07. The number of aryl methyl sites for hydroxylation is 1. The van der Waals surface area contributed by atoms with Gasteiger partial charge in [-0.2, -0.15) is 0 Å². The Balaban J connectivity index is 1.61. The zero-order valence-electron chi connectivity index (χ0n) is 14.3. The van der Waals surface area contributed by atoms with Gasteiger partial charge in [0.2, 0.25) is 0 Å². The van der Waals surface area contributed by atoms with Crippen molar-refractivity contribution in [1.29, 1.82) is 0 Å². The van der Waals surface area contributed by atoms with Gasteiger partial charge in [0.1, 0.15) is 22.8 Å². The van der Waals surface area contributed by atoms with E-state index >= 15 is 0 Å². The van der Waals surface area contributed by atoms with Crippen LogP contribution in [0, 0.1) is 12.7 Å². The molecule has 0 bridgehead atoms. The predicted molar refractivity (Wildman–Crippen MR) is 98.3 cm³/mol. The fourth-order valence-electron chi connectivity index (χ4n) is 3.13. The molecule has 0 saturated carbocycles. The number of fused-ring (bicyclic) bond motifs is 1. The highest BCUT2D eigenvalue weighted by molar-refractivity contribution is 6.33. The number of hydrogen-bond donors (Lipinski definition) is 0. The molecule has 0 saturated heterocycles. The van der Waals surface area contributed by atoms with E-state index in [4.69, 9.17) is 21.0 Å². The van der Waals surface area contributed by atoms with Crippen molar-refractivity contribution in [2.24, 2.45) is 5.16 Å². The summed E-state index contributed by atoms with van der Waals surface area (Å²) in [5.74, 6) is -1.18. The molecule has 0 unspecified atom stereocenters. The molecule has 0 atom stereocenters. The SMILES string of the molecule is Cc1onc(-c2c(F)cccc2Cl)c1C(=O)ON=C1Cc2ccccc2C1. The van der Waals surface area contributed by atoms with Gasteiger partial charge in [0, 0.05) is 12.8 Å². The Kier molecular flexibility index (Phi) is 4.49. The van der Waals surface area contributed by atoms with Crippen molar-refractivity contribution in [3.63, 3.8) is 0 Å². The lowest BCUT2D eigenvalue weighted by Gasteiger charge is -2.04. The van der Waals surface area contributed by atoms with E-state index in [9.17, 15) is 9.18 Å². The van der Waals surface area contributed by atoms with Crippen LogP contribution in [0.3, 0.4) is 0 Å². The number of rotatable bonds is 3. The topological polar surface area (TPSA) is 64.7 Å². The van der Waals surface area contributed by atoms with Gasteiger partial charge < -0.3 is 9.36 Å². The molecule has 1 aromatic heterocycles. The van der Waals surface area contributed by atoms with Gasteiger partial charge in [0.15, 0.2) is 0 Å². The van der Waals surface area contributed by atoms with Crippen LogP contribution in [0.15, 0.2) is 52.1 Å². The molecular weight excluding hydrogens is 371 g/mol. The Labute approximate surface area is 159 Å². The number of oxime groups is 1. The lowest BCUT2D eigenvalue weighted by molar-refractivity contribution is 0.0514. The molecule has 1 aliphatic carbocycles. The minimum atomic E-state index is -0.772. The number of halogens is 2. The zero-order valence-corrected chi connectivity index (χ0v) is 15.1. The molecule has 0 amide bonds. The second-order valence-corrected chi connectivity index (χ2v) is 6.62. The molecule has 27 heavy (non-hydrogen) atoms. The minimum absolute atomic E-state index is 0.00172. The fraction of sp³-hybridized carbons (Fsp3) is 0.150. The van der Waals surface area contributed by atoms with Crippen molar-refractivity contribution in [3.8, 4) is 11.3 Å². The largest absolute Gasteiger partial charge is 0.371 e. The van der Waals surface area contributed by atoms with Crippen molar-refractivity contribution < 1.29 is 18.5 Å². The van der Waals surface area contributed by atoms with Crippen LogP contribution in [0.5, 0.6) is 0 Å². The summed E-state index contributed by atoms with van der Waals surface area (Å²) in [7, 11) is 0. The Hall–Kier alpha value is -2.99. The first kappa shape index (κ1) is 17.4. The first-order valence-corrected chi connectivity index (χ1v) is 8.67. The van der Waals surface area contributed by atoms with E-state index in [1.54, 1.807) is 6.92 Å². The van der Waals surface area contributed by atoms with Gasteiger partial charge in [0.05, 0.1) is 16.3 Å². The fourth-order valence-corrected chi connectivity index (χ4v) is 3.38. The third-order valence-corrected chi connectivity index (χ3v) is 4.75. The van der Waals surface area contributed by atoms with Crippen LogP contribution in [0.1, 0.15) is 27.2 Å². The summed E-state index contributed by atoms with van der Waals surface area (Å²) in [5, 5.41) is 7.90. The summed E-state index contributed by atoms with van der Waals surface area (Å²) in [4.78, 5) is 17.7. The normalized spacial score (nSPS) is 12.8. The highest BCUT2D eigenvalue weighted by Crippen LogP contribution is 2.33. The van der Waals surface area contributed by atoms with Crippen LogP contribution < -0.4 is 0 Å². The summed E-state index contributed by atoms with van der Waals surface area (Å²) >= 11 is 6.08. The average Bonchev–Trinajstić information content (AvgIpc) is 3.23. The monoisotopic (exact) mass is 384 g/mol. The molecular formula is C20H14ClFN2O3. The summed E-state index contributed by atoms with van der Waals surface area (Å²) in [6.07, 6.45) is 1.25. The van der Waals surface area contributed by atoms with Gasteiger partial charge in [-0.3, -0.25) is 0 Å². The maximum absolute atomic E-state index is 14.2. The highest BCUT2D eigenvalue weighted by atomic mass is 35.5. The van der Waals surface area contributed by atoms with Crippen molar-refractivity contribution >= 4 is 23.3 Å². The van der Waals surface area contributed by atoms with Crippen LogP contribution >= 0.6 is 11.6 Å². The van der Waals surface area contributed by atoms with Crippen molar-refractivity contribution in [2.75, 3.05) is 0 Å². The Morgan fingerprint density at radius 2 is 1.89 bits per heavy atom. The first-order valence-electron chi connectivity index (χ1n) is 8.29. The number of benzene rings is 2. The van der Waals surface area contributed by atoms with Gasteiger partial charge in [-0.05, 0) is 30.2 Å². The van der Waals surface area contributed by atoms with Crippen molar-refractivity contribution in [1.82, 2.24) is 5.16 Å². The number of carbonyl (C=O) groups excluding carboxylic acids is 1. The van der Waals surface area contributed by atoms with Gasteiger partial charge in [0.25, 0.3) is 0 Å². The van der Waals surface area contributed by atoms with E-state index in [1.165, 1.54) is 18.2 Å². The Morgan fingerprint density at radius 3 is 2.56 bits per heavy atom. The number of nitrogens with zero attached hydrogens (tertiary/aromatic N) is 2. The molecule has 5 nitrogen and oxygen atoms in total. The van der Waals surface area contributed by atoms with E-state index in [0.717, 1.165) is 16.8 Å². The average molecular weight is 385 g/mol. The summed E-state index contributed by atoms with van der Waals surface area (Å²) < 4.78 is 19.3. The Morgan fingerprint density at radius 1 is 1.19 bits per heavy atom. The maximum atomic E-state index is 14.2. The van der Waals surface area contributed by atoms with E-state index < -0.39 is 11.8 Å². The molecule has 0 aliphatic heterocycles. The molecule has 0 fully saturated rings. The molecule has 1 heterocycles. The highest BCUT2D eigenvalue weighted by Gasteiger charge is 2.27. The van der Waals surface area contributed by atoms with E-state index in [-0.39, 0.29) is 27.6 Å². The number of carbonyl (C=O) groups is 1. The van der Waals surface area contributed by atoms with Crippen LogP contribution in [-0.4, -0.2) is 16.8 Å². The van der Waals surface area contributed by atoms with Crippen LogP contribution in [-0.2, 0) is 17.7 Å². The molecule has 1 aliphatic rings. The lowest BCUT2D eigenvalue weighted by atomic mass is 10.1. The van der Waals surface area contributed by atoms with Gasteiger partial charge in [-0.15, -0.1) is 0 Å². The summed E-state index contributed by atoms with van der Waals surface area (Å²) in [6, 6.07) is 12.2. The zero-order chi connectivity index (χ0) is 19.0. The van der Waals surface area contributed by atoms with Crippen LogP contribution in [0.25, 0.3) is 11.3 Å².